The molecule has 28 heavy (non-hydrogen) atoms. The van der Waals surface area contributed by atoms with E-state index in [2.05, 4.69) is 0 Å². The number of carbonyl (C=O) groups is 1. The molecule has 142 valence electrons. The van der Waals surface area contributed by atoms with Crippen LogP contribution in [0.5, 0.6) is 0 Å². The molecule has 3 rings (SSSR count). The summed E-state index contributed by atoms with van der Waals surface area (Å²) in [6.07, 6.45) is 5.36. The monoisotopic (exact) mass is 412 g/mol. The number of nitrogens with zero attached hydrogens (tertiary/aromatic N) is 2. The van der Waals surface area contributed by atoms with Gasteiger partial charge in [-0.3, -0.25) is 4.79 Å². The number of nitriles is 1. The number of thiophene rings is 1. The van der Waals surface area contributed by atoms with Crippen molar-refractivity contribution in [3.63, 3.8) is 0 Å². The fourth-order valence-corrected chi connectivity index (χ4v) is 3.22. The second kappa shape index (κ2) is 9.71. The summed E-state index contributed by atoms with van der Waals surface area (Å²) in [5.41, 5.74) is 1.00. The second-order valence-corrected chi connectivity index (χ2v) is 7.87. The molecule has 0 saturated carbocycles. The second-order valence-electron chi connectivity index (χ2n) is 5.54. The highest BCUT2D eigenvalue weighted by atomic mass is 32.2. The van der Waals surface area contributed by atoms with Crippen LogP contribution < -0.4 is 4.57 Å². The van der Waals surface area contributed by atoms with Crippen LogP contribution in [0.1, 0.15) is 15.2 Å². The van der Waals surface area contributed by atoms with E-state index in [1.54, 1.807) is 24.3 Å². The molecule has 0 unspecified atom stereocenters. The Balaban J connectivity index is 0.000000237. The maximum absolute atomic E-state index is 12.0. The van der Waals surface area contributed by atoms with Gasteiger partial charge in [0.1, 0.15) is 28.8 Å². The summed E-state index contributed by atoms with van der Waals surface area (Å²) >= 11 is 1.34. The van der Waals surface area contributed by atoms with Crippen molar-refractivity contribution in [2.24, 2.45) is 7.05 Å². The first-order chi connectivity index (χ1) is 13.3. The lowest BCUT2D eigenvalue weighted by Crippen LogP contribution is -2.25. The highest BCUT2D eigenvalue weighted by Gasteiger charge is 2.12. The molecule has 0 amide bonds. The summed E-state index contributed by atoms with van der Waals surface area (Å²) in [7, 11) is -2.34. The fourth-order valence-electron chi connectivity index (χ4n) is 2.05. The van der Waals surface area contributed by atoms with Crippen molar-refractivity contribution in [2.45, 2.75) is 4.90 Å². The minimum Gasteiger partial charge on any atom is -0.744 e. The van der Waals surface area contributed by atoms with Gasteiger partial charge < -0.3 is 4.55 Å². The summed E-state index contributed by atoms with van der Waals surface area (Å²) in [4.78, 5) is 12.4. The lowest BCUT2D eigenvalue weighted by Gasteiger charge is -2.04. The van der Waals surface area contributed by atoms with E-state index in [1.807, 2.05) is 47.6 Å². The summed E-state index contributed by atoms with van der Waals surface area (Å²) in [6.45, 7) is 0. The van der Waals surface area contributed by atoms with Gasteiger partial charge in [-0.1, -0.05) is 24.3 Å². The Morgan fingerprint density at radius 3 is 2.21 bits per heavy atom. The minimum atomic E-state index is -4.25. The molecule has 2 heterocycles. The topological polar surface area (TPSA) is 102 Å². The van der Waals surface area contributed by atoms with E-state index in [-0.39, 0.29) is 16.3 Å². The average molecular weight is 412 g/mol. The molecule has 0 fully saturated rings. The van der Waals surface area contributed by atoms with Crippen molar-refractivity contribution >= 4 is 33.3 Å². The Labute approximate surface area is 167 Å². The predicted octanol–water partition coefficient (Wildman–Crippen LogP) is 2.95. The van der Waals surface area contributed by atoms with Crippen LogP contribution in [0.2, 0.25) is 0 Å². The first kappa shape index (κ1) is 21.2. The summed E-state index contributed by atoms with van der Waals surface area (Å²) in [5.74, 6) is -0.222. The summed E-state index contributed by atoms with van der Waals surface area (Å²) in [6, 6.07) is 16.4. The molecule has 1 aromatic carbocycles. The average Bonchev–Trinajstić information content (AvgIpc) is 3.22. The number of aromatic nitrogens is 1. The van der Waals surface area contributed by atoms with Crippen LogP contribution in [0, 0.1) is 11.3 Å². The first-order valence-corrected chi connectivity index (χ1v) is 10.3. The van der Waals surface area contributed by atoms with E-state index in [9.17, 15) is 17.8 Å². The zero-order valence-corrected chi connectivity index (χ0v) is 16.5. The van der Waals surface area contributed by atoms with Gasteiger partial charge in [0.15, 0.2) is 12.4 Å². The van der Waals surface area contributed by atoms with Crippen LogP contribution in [0.4, 0.5) is 0 Å². The minimum absolute atomic E-state index is 0.159. The molecule has 0 saturated heterocycles. The van der Waals surface area contributed by atoms with E-state index in [0.29, 0.717) is 4.88 Å². The third-order valence-corrected chi connectivity index (χ3v) is 5.18. The van der Waals surface area contributed by atoms with Crippen molar-refractivity contribution in [3.05, 3.63) is 88.4 Å². The fraction of sp³-hybridized carbons (Fsp3) is 0.0500. The third kappa shape index (κ3) is 6.25. The van der Waals surface area contributed by atoms with E-state index in [1.165, 1.54) is 35.6 Å². The molecule has 0 N–H and O–H groups in total. The number of hydrogen-bond donors (Lipinski definition) is 0. The van der Waals surface area contributed by atoms with E-state index < -0.39 is 10.1 Å². The molecule has 0 aliphatic carbocycles. The molecule has 6 nitrogen and oxygen atoms in total. The number of allylic oxidation sites excluding steroid dienone is 1. The highest BCUT2D eigenvalue weighted by Crippen LogP contribution is 2.16. The van der Waals surface area contributed by atoms with Crippen molar-refractivity contribution in [3.8, 4) is 6.07 Å². The quantitative estimate of drug-likeness (QED) is 0.216. The molecule has 3 aromatic rings. The maximum Gasteiger partial charge on any atom is 0.213 e. The molecular weight excluding hydrogens is 396 g/mol. The van der Waals surface area contributed by atoms with Gasteiger partial charge in [-0.2, -0.15) is 5.26 Å². The smallest absolute Gasteiger partial charge is 0.213 e. The molecule has 0 radical (unpaired) electrons. The predicted molar refractivity (Wildman–Crippen MR) is 104 cm³/mol. The zero-order valence-electron chi connectivity index (χ0n) is 14.8. The Morgan fingerprint density at radius 2 is 1.75 bits per heavy atom. The standard InChI is InChI=1S/C14H11N2OS.C6H6O3S/c1-16-6-4-11(5-7-16)9-12(10-15)14(17)13-3-2-8-18-13;7-10(8,9)6-4-2-1-3-5-6/h2-9H,1H3;1-5H,(H,7,8,9)/q+1;/p-1/b12-9+;. The van der Waals surface area contributed by atoms with Gasteiger partial charge in [-0.15, -0.1) is 11.3 Å². The lowest BCUT2D eigenvalue weighted by molar-refractivity contribution is -0.671. The number of Topliss-reactive ketones (excluding diaryl/α,β-unsaturated/α-hetero) is 1. The number of ketones is 1. The SMILES string of the molecule is C[n+]1ccc(/C=C(\C#N)C(=O)c2cccs2)cc1.O=S(=O)([O-])c1ccccc1. The van der Waals surface area contributed by atoms with Gasteiger partial charge in [0, 0.05) is 12.1 Å². The van der Waals surface area contributed by atoms with Crippen LogP contribution in [0.25, 0.3) is 6.08 Å². The summed E-state index contributed by atoms with van der Waals surface area (Å²) < 4.78 is 32.7. The van der Waals surface area contributed by atoms with Gasteiger partial charge in [0.25, 0.3) is 0 Å². The Hall–Kier alpha value is -3.12. The molecule has 2 aromatic heterocycles. The number of hydrogen-bond acceptors (Lipinski definition) is 6. The van der Waals surface area contributed by atoms with Gasteiger partial charge in [-0.05, 0) is 35.2 Å². The van der Waals surface area contributed by atoms with Crippen molar-refractivity contribution < 1.29 is 22.3 Å². The molecular formula is C20H16N2O4S2. The van der Waals surface area contributed by atoms with Crippen LogP contribution in [0.15, 0.2) is 82.8 Å². The molecule has 0 atom stereocenters. The number of aryl methyl sites for hydroxylation is 1. The van der Waals surface area contributed by atoms with Crippen molar-refractivity contribution in [2.75, 3.05) is 0 Å². The van der Waals surface area contributed by atoms with Crippen molar-refractivity contribution in [1.29, 1.82) is 5.26 Å². The summed E-state index contributed by atoms with van der Waals surface area (Å²) in [5, 5.41) is 10.9. The Bertz CT molecular complexity index is 1100. The van der Waals surface area contributed by atoms with E-state index in [0.717, 1.165) is 5.56 Å². The molecule has 8 heteroatoms. The normalized spacial score (nSPS) is 11.1. The van der Waals surface area contributed by atoms with E-state index >= 15 is 0 Å². The highest BCUT2D eigenvalue weighted by molar-refractivity contribution is 7.85. The largest absolute Gasteiger partial charge is 0.744 e. The van der Waals surface area contributed by atoms with E-state index in [4.69, 9.17) is 5.26 Å². The zero-order chi connectivity index (χ0) is 20.6. The van der Waals surface area contributed by atoms with Crippen LogP contribution in [0.3, 0.4) is 0 Å². The van der Waals surface area contributed by atoms with Gasteiger partial charge in [0.2, 0.25) is 5.78 Å². The number of carbonyl (C=O) groups excluding carboxylic acids is 1. The van der Waals surface area contributed by atoms with Crippen molar-refractivity contribution in [1.82, 2.24) is 0 Å². The lowest BCUT2D eigenvalue weighted by atomic mass is 10.1. The Morgan fingerprint density at radius 1 is 1.11 bits per heavy atom. The van der Waals surface area contributed by atoms with Gasteiger partial charge in [0.05, 0.1) is 9.77 Å². The molecule has 0 aliphatic rings. The number of pyridine rings is 1. The number of benzene rings is 1. The van der Waals surface area contributed by atoms with Gasteiger partial charge in [-0.25, -0.2) is 13.0 Å². The Kier molecular flexibility index (Phi) is 7.35. The van der Waals surface area contributed by atoms with Crippen LogP contribution in [-0.4, -0.2) is 18.8 Å². The maximum atomic E-state index is 12.0. The van der Waals surface area contributed by atoms with Gasteiger partial charge >= 0.3 is 0 Å². The molecule has 0 aliphatic heterocycles. The number of rotatable bonds is 4. The van der Waals surface area contributed by atoms with Crippen LogP contribution in [-0.2, 0) is 17.2 Å². The molecule has 0 bridgehead atoms. The molecule has 0 spiro atoms. The third-order valence-electron chi connectivity index (χ3n) is 3.46. The first-order valence-electron chi connectivity index (χ1n) is 7.97. The van der Waals surface area contributed by atoms with Crippen LogP contribution >= 0.6 is 11.3 Å².